The minimum atomic E-state index is -2.04. The number of esters is 2. The van der Waals surface area contributed by atoms with Gasteiger partial charge in [-0.15, -0.1) is 12.4 Å². The molecular weight excluding hydrogens is 918 g/mol. The van der Waals surface area contributed by atoms with Crippen LogP contribution in [0.5, 0.6) is 5.75 Å². The number of carbonyl (C=O) groups excluding carboxylic acids is 5. The van der Waals surface area contributed by atoms with Gasteiger partial charge in [-0.05, 0) is 61.7 Å². The molecule has 0 aliphatic carbocycles. The largest absolute Gasteiger partial charge is 0.462 e. The average molecular weight is 972 g/mol. The molecule has 1 unspecified atom stereocenters. The van der Waals surface area contributed by atoms with Gasteiger partial charge in [0.05, 0.1) is 41.4 Å². The third-order valence-electron chi connectivity index (χ3n) is 12.5. The number of aliphatic hydroxyl groups excluding tert-OH is 2. The van der Waals surface area contributed by atoms with Gasteiger partial charge in [-0.3, -0.25) is 19.2 Å². The van der Waals surface area contributed by atoms with Gasteiger partial charge in [0, 0.05) is 60.5 Å². The fraction of sp³-hybridized carbons (Fsp3) is 0.417. The number of methoxy groups -OCH3 is 1. The minimum Gasteiger partial charge on any atom is -0.462 e. The summed E-state index contributed by atoms with van der Waals surface area (Å²) in [6.45, 7) is 6.53. The Labute approximate surface area is 401 Å². The van der Waals surface area contributed by atoms with E-state index in [9.17, 15) is 39.0 Å². The van der Waals surface area contributed by atoms with E-state index in [0.29, 0.717) is 28.5 Å². The molecule has 3 amide bonds. The number of imidazole rings is 1. The van der Waals surface area contributed by atoms with Crippen LogP contribution in [0.15, 0.2) is 78.0 Å². The van der Waals surface area contributed by atoms with E-state index in [2.05, 4.69) is 25.9 Å². The molecule has 3 aliphatic heterocycles. The van der Waals surface area contributed by atoms with Crippen molar-refractivity contribution in [3.63, 3.8) is 0 Å². The van der Waals surface area contributed by atoms with Gasteiger partial charge >= 0.3 is 11.9 Å². The lowest BCUT2D eigenvalue weighted by Gasteiger charge is -2.40. The maximum atomic E-state index is 14.3. The predicted molar refractivity (Wildman–Crippen MR) is 249 cm³/mol. The number of pyridine rings is 2. The lowest BCUT2D eigenvalue weighted by atomic mass is 9.85. The van der Waals surface area contributed by atoms with Gasteiger partial charge in [-0.2, -0.15) is 0 Å². The van der Waals surface area contributed by atoms with Crippen molar-refractivity contribution in [2.75, 3.05) is 12.4 Å². The van der Waals surface area contributed by atoms with Gasteiger partial charge in [0.1, 0.15) is 42.8 Å². The van der Waals surface area contributed by atoms with Gasteiger partial charge in [0.15, 0.2) is 0 Å². The Morgan fingerprint density at radius 1 is 1.00 bits per heavy atom. The molecule has 69 heavy (non-hydrogen) atoms. The number of ether oxygens (including phenoxy) is 5. The molecule has 5 aromatic rings. The number of H-pyrrole nitrogens is 1. The van der Waals surface area contributed by atoms with Crippen molar-refractivity contribution < 1.29 is 57.9 Å². The lowest BCUT2D eigenvalue weighted by Crippen LogP contribution is -2.58. The minimum absolute atomic E-state index is 0. The zero-order chi connectivity index (χ0) is 48.4. The molecule has 8 rings (SSSR count). The van der Waals surface area contributed by atoms with Gasteiger partial charge in [0.25, 0.3) is 5.56 Å². The van der Waals surface area contributed by atoms with Crippen molar-refractivity contribution in [1.29, 1.82) is 0 Å². The molecule has 6 heterocycles. The highest BCUT2D eigenvalue weighted by molar-refractivity contribution is 5.96. The molecule has 6 N–H and O–H groups in total. The smallest absolute Gasteiger partial charge is 0.355 e. The van der Waals surface area contributed by atoms with Crippen LogP contribution in [0.4, 0.5) is 5.69 Å². The summed E-state index contributed by atoms with van der Waals surface area (Å²) in [7, 11) is 1.36. The number of aliphatic hydroxyl groups is 2. The molecule has 3 aromatic heterocycles. The van der Waals surface area contributed by atoms with Crippen LogP contribution in [-0.2, 0) is 68.1 Å². The molecule has 21 heteroatoms. The third-order valence-corrected chi connectivity index (χ3v) is 12.5. The van der Waals surface area contributed by atoms with Crippen molar-refractivity contribution in [2.45, 2.75) is 115 Å². The van der Waals surface area contributed by atoms with Crippen LogP contribution in [0.1, 0.15) is 69.3 Å². The van der Waals surface area contributed by atoms with E-state index in [0.717, 1.165) is 16.5 Å². The first-order chi connectivity index (χ1) is 32.6. The Balaban J connectivity index is 0.00000703. The highest BCUT2D eigenvalue weighted by atomic mass is 35.5. The van der Waals surface area contributed by atoms with E-state index in [-0.39, 0.29) is 62.4 Å². The number of aromatic nitrogens is 4. The van der Waals surface area contributed by atoms with E-state index < -0.39 is 89.5 Å². The third kappa shape index (κ3) is 10.2. The number of nitrogens with zero attached hydrogens (tertiary/aromatic N) is 3. The molecule has 0 spiro atoms. The number of benzene rings is 2. The molecule has 1 saturated heterocycles. The SMILES string of the molecule is CC[C@@]1(OC(=O)[C@@H](NC(=O)[C@H](Cc2cnc[nH]2)NC(=O)CCC(=O)Nc2ccc(O[C@H]3O[C@@H](C)C(O)[C@@H](OC)[C@@H]3O)cc2)C(C)C)C(=O)OCc2c1cc1n(c2=O)Cc2cc3ccccc3nc2-1.Cl. The second-order valence-corrected chi connectivity index (χ2v) is 17.4. The summed E-state index contributed by atoms with van der Waals surface area (Å²) >= 11 is 0. The number of para-hydroxylation sites is 1. The molecule has 0 radical (unpaired) electrons. The Morgan fingerprint density at radius 2 is 1.74 bits per heavy atom. The Kier molecular flexibility index (Phi) is 15.2. The van der Waals surface area contributed by atoms with E-state index in [1.807, 2.05) is 30.3 Å². The molecule has 0 bridgehead atoms. The number of cyclic esters (lactones) is 1. The highest BCUT2D eigenvalue weighted by Crippen LogP contribution is 2.41. The van der Waals surface area contributed by atoms with E-state index in [4.69, 9.17) is 28.7 Å². The first-order valence-electron chi connectivity index (χ1n) is 22.3. The van der Waals surface area contributed by atoms with Gasteiger partial charge in [0.2, 0.25) is 29.6 Å². The maximum Gasteiger partial charge on any atom is 0.355 e. The van der Waals surface area contributed by atoms with Crippen molar-refractivity contribution in [1.82, 2.24) is 30.2 Å². The molecular formula is C48H54ClN7O13. The van der Waals surface area contributed by atoms with Gasteiger partial charge in [-0.25, -0.2) is 19.6 Å². The van der Waals surface area contributed by atoms with E-state index >= 15 is 0 Å². The van der Waals surface area contributed by atoms with Crippen LogP contribution < -0.4 is 26.2 Å². The maximum absolute atomic E-state index is 14.3. The number of hydrogen-bond acceptors (Lipinski definition) is 15. The second kappa shape index (κ2) is 20.9. The fourth-order valence-electron chi connectivity index (χ4n) is 8.74. The van der Waals surface area contributed by atoms with Crippen LogP contribution in [0.2, 0.25) is 0 Å². The van der Waals surface area contributed by atoms with E-state index in [1.165, 1.54) is 19.6 Å². The number of nitrogens with one attached hydrogen (secondary N) is 4. The number of amides is 3. The summed E-state index contributed by atoms with van der Waals surface area (Å²) in [5.41, 5.74) is 1.35. The number of rotatable bonds is 16. The molecule has 3 aliphatic rings. The van der Waals surface area contributed by atoms with Gasteiger partial charge in [-0.1, -0.05) is 39.0 Å². The summed E-state index contributed by atoms with van der Waals surface area (Å²) in [6, 6.07) is 14.8. The molecule has 20 nitrogen and oxygen atoms in total. The predicted octanol–water partition coefficient (Wildman–Crippen LogP) is 2.92. The molecule has 2 aromatic carbocycles. The summed E-state index contributed by atoms with van der Waals surface area (Å²) < 4.78 is 29.8. The lowest BCUT2D eigenvalue weighted by molar-refractivity contribution is -0.272. The Hall–Kier alpha value is -6.71. The monoisotopic (exact) mass is 971 g/mol. The number of fused-ring (bicyclic) bond motifs is 5. The van der Waals surface area contributed by atoms with Crippen LogP contribution in [0.25, 0.3) is 22.3 Å². The summed E-state index contributed by atoms with van der Waals surface area (Å²) in [6.07, 6.45) is -2.88. The average Bonchev–Trinajstić information content (AvgIpc) is 3.97. The van der Waals surface area contributed by atoms with Crippen LogP contribution in [0.3, 0.4) is 0 Å². The summed E-state index contributed by atoms with van der Waals surface area (Å²) in [5.74, 6) is -4.01. The quantitative estimate of drug-likeness (QED) is 0.0762. The first kappa shape index (κ1) is 50.2. The zero-order valence-corrected chi connectivity index (χ0v) is 39.2. The van der Waals surface area contributed by atoms with Gasteiger partial charge < -0.3 is 59.4 Å². The number of anilines is 1. The fourth-order valence-corrected chi connectivity index (χ4v) is 8.74. The normalized spacial score (nSPS) is 22.2. The summed E-state index contributed by atoms with van der Waals surface area (Å²) in [5, 5.41) is 29.8. The first-order valence-corrected chi connectivity index (χ1v) is 22.3. The standard InChI is InChI=1S/C48H53N7O13.ClH/c1-6-48(32-19-35-39-27(17-26-9-7-8-10-33(26)53-39)21-55(35)44(61)31(32)22-65-47(48)63)68-45(62)38(24(2)3)54-43(60)34(18-29-20-49-23-50-29)52-37(57)16-15-36(56)51-28-11-13-30(14-12-28)67-46-41(59)42(64-5)40(58)25(4)66-46;/h7-14,17,19-20,23-25,34,38,40-42,46,58-59H,6,15-16,18,21-22H2,1-5H3,(H,49,50)(H,51,56)(H,52,57)(H,54,60);1H/t25-,34-,38-,40?,41-,42+,46+,48-;/m0./s1. The van der Waals surface area contributed by atoms with Crippen molar-refractivity contribution in [3.8, 4) is 17.1 Å². The number of aromatic amines is 1. The van der Waals surface area contributed by atoms with Crippen molar-refractivity contribution in [2.24, 2.45) is 5.92 Å². The number of halogens is 1. The molecule has 1 fully saturated rings. The Bertz CT molecular complexity index is 2790. The van der Waals surface area contributed by atoms with Crippen LogP contribution >= 0.6 is 12.4 Å². The molecule has 8 atom stereocenters. The highest BCUT2D eigenvalue weighted by Gasteiger charge is 2.52. The zero-order valence-electron chi connectivity index (χ0n) is 38.4. The summed E-state index contributed by atoms with van der Waals surface area (Å²) in [4.78, 5) is 94.3. The van der Waals surface area contributed by atoms with Crippen LogP contribution in [-0.4, -0.2) is 109 Å². The number of carbonyl (C=O) groups is 5. The second-order valence-electron chi connectivity index (χ2n) is 17.4. The van der Waals surface area contributed by atoms with Crippen LogP contribution in [0, 0.1) is 5.92 Å². The molecule has 366 valence electrons. The van der Waals surface area contributed by atoms with Crippen molar-refractivity contribution in [3.05, 3.63) is 106 Å². The number of hydrogen-bond donors (Lipinski definition) is 6. The Morgan fingerprint density at radius 3 is 2.43 bits per heavy atom. The van der Waals surface area contributed by atoms with E-state index in [1.54, 1.807) is 62.6 Å². The topological polar surface area (TPSA) is 272 Å². The molecule has 0 saturated carbocycles. The van der Waals surface area contributed by atoms with Crippen molar-refractivity contribution >= 4 is 58.7 Å².